The Morgan fingerprint density at radius 2 is 2.11 bits per heavy atom. The topological polar surface area (TPSA) is 88.5 Å². The largest absolute Gasteiger partial charge is 0.352 e. The minimum atomic E-state index is -0.678. The van der Waals surface area contributed by atoms with Crippen molar-refractivity contribution in [3.63, 3.8) is 0 Å². The van der Waals surface area contributed by atoms with E-state index < -0.39 is 11.7 Å². The van der Waals surface area contributed by atoms with Crippen molar-refractivity contribution in [1.82, 2.24) is 19.8 Å². The summed E-state index contributed by atoms with van der Waals surface area (Å²) in [5, 5.41) is 6.08. The first kappa shape index (κ1) is 18.8. The molecule has 2 N–H and O–H groups in total. The number of urea groups is 1. The van der Waals surface area contributed by atoms with E-state index in [4.69, 9.17) is 16.3 Å². The number of fused-ring (bicyclic) bond motifs is 2. The minimum Gasteiger partial charge on any atom is -0.352 e. The van der Waals surface area contributed by atoms with Gasteiger partial charge in [-0.1, -0.05) is 17.7 Å². The summed E-state index contributed by atoms with van der Waals surface area (Å²) in [5.41, 5.74) is -0.0520. The molecule has 2 aliphatic rings. The predicted octanol–water partition coefficient (Wildman–Crippen LogP) is 2.20. The maximum absolute atomic E-state index is 12.9. The van der Waals surface area contributed by atoms with Crippen molar-refractivity contribution < 1.29 is 14.3 Å². The third kappa shape index (κ3) is 3.45. The predicted molar refractivity (Wildman–Crippen MR) is 104 cm³/mol. The Morgan fingerprint density at radius 1 is 1.32 bits per heavy atom. The maximum atomic E-state index is 12.9. The lowest BCUT2D eigenvalue weighted by atomic mass is 9.88. The lowest BCUT2D eigenvalue weighted by Crippen LogP contribution is -2.54. The van der Waals surface area contributed by atoms with E-state index in [2.05, 4.69) is 15.6 Å². The minimum absolute atomic E-state index is 0.107. The van der Waals surface area contributed by atoms with Crippen LogP contribution in [0.5, 0.6) is 0 Å². The van der Waals surface area contributed by atoms with Crippen LogP contribution in [0.4, 0.5) is 10.5 Å². The SMILES string of the molecule is CNC(=O)N1CCC2(CC1)O[C@H](C(=O)Nc1cccc(Cl)c1)Cn1ccnc12. The molecule has 1 saturated heterocycles. The van der Waals surface area contributed by atoms with Crippen LogP contribution in [-0.2, 0) is 21.7 Å². The molecule has 3 amide bonds. The summed E-state index contributed by atoms with van der Waals surface area (Å²) in [5.74, 6) is 0.589. The number of imidazole rings is 1. The molecule has 2 aromatic rings. The highest BCUT2D eigenvalue weighted by molar-refractivity contribution is 6.30. The number of piperidine rings is 1. The number of nitrogens with one attached hydrogen (secondary N) is 2. The van der Waals surface area contributed by atoms with Crippen molar-refractivity contribution in [2.24, 2.45) is 0 Å². The maximum Gasteiger partial charge on any atom is 0.317 e. The number of carbonyl (C=O) groups excluding carboxylic acids is 2. The molecule has 0 saturated carbocycles. The van der Waals surface area contributed by atoms with Crippen LogP contribution in [0.2, 0.25) is 5.02 Å². The third-order valence-electron chi connectivity index (χ3n) is 5.31. The van der Waals surface area contributed by atoms with Crippen molar-refractivity contribution in [3.8, 4) is 0 Å². The monoisotopic (exact) mass is 403 g/mol. The van der Waals surface area contributed by atoms with Gasteiger partial charge in [-0.25, -0.2) is 9.78 Å². The van der Waals surface area contributed by atoms with Crippen LogP contribution in [0.1, 0.15) is 18.7 Å². The van der Waals surface area contributed by atoms with Gasteiger partial charge in [-0.2, -0.15) is 0 Å². The van der Waals surface area contributed by atoms with Gasteiger partial charge < -0.3 is 24.8 Å². The number of aromatic nitrogens is 2. The van der Waals surface area contributed by atoms with Gasteiger partial charge in [0, 0.05) is 56.1 Å². The second kappa shape index (κ2) is 7.44. The number of anilines is 1. The van der Waals surface area contributed by atoms with Crippen LogP contribution < -0.4 is 10.6 Å². The van der Waals surface area contributed by atoms with Gasteiger partial charge in [0.15, 0.2) is 6.10 Å². The Balaban J connectivity index is 1.53. The number of carbonyl (C=O) groups is 2. The molecule has 1 atom stereocenters. The van der Waals surface area contributed by atoms with E-state index in [-0.39, 0.29) is 11.9 Å². The molecule has 1 fully saturated rings. The highest BCUT2D eigenvalue weighted by Crippen LogP contribution is 2.40. The van der Waals surface area contributed by atoms with Crippen LogP contribution in [0.15, 0.2) is 36.7 Å². The van der Waals surface area contributed by atoms with Crippen LogP contribution in [-0.4, -0.2) is 52.6 Å². The zero-order valence-corrected chi connectivity index (χ0v) is 16.3. The number of likely N-dealkylation sites (tertiary alicyclic amines) is 1. The number of hydrogen-bond donors (Lipinski definition) is 2. The fourth-order valence-corrected chi connectivity index (χ4v) is 4.08. The molecule has 0 bridgehead atoms. The first-order chi connectivity index (χ1) is 13.5. The second-order valence-corrected chi connectivity index (χ2v) is 7.48. The number of ether oxygens (including phenoxy) is 1. The van der Waals surface area contributed by atoms with Gasteiger partial charge in [0.05, 0.1) is 6.54 Å². The second-order valence-electron chi connectivity index (χ2n) is 7.05. The van der Waals surface area contributed by atoms with E-state index in [1.54, 1.807) is 42.4 Å². The van der Waals surface area contributed by atoms with Crippen LogP contribution in [0, 0.1) is 0 Å². The quantitative estimate of drug-likeness (QED) is 0.804. The molecule has 1 aromatic carbocycles. The van der Waals surface area contributed by atoms with Gasteiger partial charge in [0.25, 0.3) is 5.91 Å². The molecule has 9 heteroatoms. The lowest BCUT2D eigenvalue weighted by molar-refractivity contribution is -0.167. The number of nitrogens with zero attached hydrogens (tertiary/aromatic N) is 3. The molecule has 2 aliphatic heterocycles. The Morgan fingerprint density at radius 3 is 2.82 bits per heavy atom. The smallest absolute Gasteiger partial charge is 0.317 e. The zero-order chi connectivity index (χ0) is 19.7. The molecular formula is C19H22ClN5O3. The third-order valence-corrected chi connectivity index (χ3v) is 5.55. The molecule has 28 heavy (non-hydrogen) atoms. The van der Waals surface area contributed by atoms with Crippen LogP contribution in [0.3, 0.4) is 0 Å². The summed E-state index contributed by atoms with van der Waals surface area (Å²) >= 11 is 6.00. The van der Waals surface area contributed by atoms with Crippen molar-refractivity contribution in [1.29, 1.82) is 0 Å². The molecule has 0 unspecified atom stereocenters. The molecule has 1 aromatic heterocycles. The summed E-state index contributed by atoms with van der Waals surface area (Å²) in [4.78, 5) is 31.0. The fourth-order valence-electron chi connectivity index (χ4n) is 3.89. The number of amides is 3. The molecule has 4 rings (SSSR count). The molecule has 1 spiro atoms. The van der Waals surface area contributed by atoms with E-state index in [0.29, 0.717) is 43.2 Å². The summed E-state index contributed by atoms with van der Waals surface area (Å²) in [6, 6.07) is 6.91. The number of rotatable bonds is 2. The fraction of sp³-hybridized carbons (Fsp3) is 0.421. The van der Waals surface area contributed by atoms with Gasteiger partial charge in [0.1, 0.15) is 11.4 Å². The lowest BCUT2D eigenvalue weighted by Gasteiger charge is -2.45. The molecule has 0 radical (unpaired) electrons. The molecule has 3 heterocycles. The van der Waals surface area contributed by atoms with Crippen molar-refractivity contribution >= 4 is 29.2 Å². The van der Waals surface area contributed by atoms with E-state index in [9.17, 15) is 9.59 Å². The summed E-state index contributed by atoms with van der Waals surface area (Å²) in [7, 11) is 1.62. The van der Waals surface area contributed by atoms with Crippen molar-refractivity contribution in [2.75, 3.05) is 25.5 Å². The van der Waals surface area contributed by atoms with Gasteiger partial charge in [-0.3, -0.25) is 4.79 Å². The highest BCUT2D eigenvalue weighted by Gasteiger charge is 2.47. The summed E-state index contributed by atoms with van der Waals surface area (Å²) in [6.45, 7) is 1.47. The van der Waals surface area contributed by atoms with Crippen molar-refractivity contribution in [2.45, 2.75) is 31.1 Å². The first-order valence-electron chi connectivity index (χ1n) is 9.23. The zero-order valence-electron chi connectivity index (χ0n) is 15.5. The summed E-state index contributed by atoms with van der Waals surface area (Å²) in [6.07, 6.45) is 4.09. The molecular weight excluding hydrogens is 382 g/mol. The number of halogens is 1. The molecule has 8 nitrogen and oxygen atoms in total. The van der Waals surface area contributed by atoms with Gasteiger partial charge in [0.2, 0.25) is 0 Å². The number of benzene rings is 1. The highest BCUT2D eigenvalue weighted by atomic mass is 35.5. The standard InChI is InChI=1S/C19H22ClN5O3/c1-21-18(27)24-8-5-19(6-9-24)17-22-7-10-25(17)12-15(28-19)16(26)23-14-4-2-3-13(20)11-14/h2-4,7,10-11,15H,5-6,8-9,12H2,1H3,(H,21,27)(H,23,26)/t15-/m0/s1. The Labute approximate surface area is 167 Å². The first-order valence-corrected chi connectivity index (χ1v) is 9.61. The Bertz CT molecular complexity index is 891. The molecule has 148 valence electrons. The summed E-state index contributed by atoms with van der Waals surface area (Å²) < 4.78 is 8.31. The van der Waals surface area contributed by atoms with Gasteiger partial charge >= 0.3 is 6.03 Å². The molecule has 0 aliphatic carbocycles. The number of hydrogen-bond acceptors (Lipinski definition) is 4. The Kier molecular flexibility index (Phi) is 4.99. The Hall–Kier alpha value is -2.58. The normalized spacial score (nSPS) is 20.5. The van der Waals surface area contributed by atoms with Crippen LogP contribution >= 0.6 is 11.6 Å². The van der Waals surface area contributed by atoms with Crippen molar-refractivity contribution in [3.05, 3.63) is 47.5 Å². The van der Waals surface area contributed by atoms with E-state index in [1.807, 2.05) is 10.8 Å². The van der Waals surface area contributed by atoms with Gasteiger partial charge in [-0.05, 0) is 18.2 Å². The average Bonchev–Trinajstić information content (AvgIpc) is 3.18. The van der Waals surface area contributed by atoms with E-state index in [0.717, 1.165) is 5.82 Å². The average molecular weight is 404 g/mol. The van der Waals surface area contributed by atoms with E-state index >= 15 is 0 Å². The van der Waals surface area contributed by atoms with Crippen LogP contribution in [0.25, 0.3) is 0 Å². The van der Waals surface area contributed by atoms with Gasteiger partial charge in [-0.15, -0.1) is 0 Å². The van der Waals surface area contributed by atoms with E-state index in [1.165, 1.54) is 0 Å².